The molecule has 0 aliphatic carbocycles. The highest BCUT2D eigenvalue weighted by molar-refractivity contribution is 7.89. The first-order valence-electron chi connectivity index (χ1n) is 6.05. The third-order valence-electron chi connectivity index (χ3n) is 2.63. The van der Waals surface area contributed by atoms with Crippen molar-refractivity contribution in [3.05, 3.63) is 28.1 Å². The van der Waals surface area contributed by atoms with E-state index in [1.54, 1.807) is 0 Å². The normalized spacial score (nSPS) is 11.4. The third-order valence-corrected chi connectivity index (χ3v) is 4.07. The molecule has 1 rings (SSSR count). The molecule has 0 saturated carbocycles. The van der Waals surface area contributed by atoms with Crippen molar-refractivity contribution in [1.82, 2.24) is 4.72 Å². The highest BCUT2D eigenvalue weighted by atomic mass is 32.2. The SMILES string of the molecule is COc1c(F)cc(S(=O)(=O)NCCCCN)cc1[N+](=O)[O-]. The summed E-state index contributed by atoms with van der Waals surface area (Å²) < 4.78 is 44.4. The Morgan fingerprint density at radius 1 is 1.43 bits per heavy atom. The van der Waals surface area contributed by atoms with Crippen LogP contribution in [0.5, 0.6) is 5.75 Å². The molecule has 0 bridgehead atoms. The van der Waals surface area contributed by atoms with Gasteiger partial charge < -0.3 is 10.5 Å². The number of unbranched alkanes of at least 4 members (excludes halogenated alkanes) is 1. The fourth-order valence-corrected chi connectivity index (χ4v) is 2.71. The zero-order valence-corrected chi connectivity index (χ0v) is 12.2. The second kappa shape index (κ2) is 7.29. The van der Waals surface area contributed by atoms with E-state index in [2.05, 4.69) is 9.46 Å². The average molecular weight is 321 g/mol. The van der Waals surface area contributed by atoms with Crippen LogP contribution in [0.1, 0.15) is 12.8 Å². The molecule has 0 radical (unpaired) electrons. The fourth-order valence-electron chi connectivity index (χ4n) is 1.61. The molecule has 0 atom stereocenters. The minimum atomic E-state index is -4.04. The molecular formula is C11H16FN3O5S. The van der Waals surface area contributed by atoms with Crippen molar-refractivity contribution >= 4 is 15.7 Å². The lowest BCUT2D eigenvalue weighted by molar-refractivity contribution is -0.386. The number of nitro groups is 1. The van der Waals surface area contributed by atoms with Crippen LogP contribution in [0.2, 0.25) is 0 Å². The maximum atomic E-state index is 13.7. The number of methoxy groups -OCH3 is 1. The van der Waals surface area contributed by atoms with Crippen molar-refractivity contribution in [2.45, 2.75) is 17.7 Å². The molecule has 3 N–H and O–H groups in total. The van der Waals surface area contributed by atoms with Crippen molar-refractivity contribution in [2.24, 2.45) is 5.73 Å². The fraction of sp³-hybridized carbons (Fsp3) is 0.455. The van der Waals surface area contributed by atoms with Crippen LogP contribution in [0.3, 0.4) is 0 Å². The first kappa shape index (κ1) is 17.3. The summed E-state index contributed by atoms with van der Waals surface area (Å²) in [6.45, 7) is 0.533. The Balaban J connectivity index is 3.10. The summed E-state index contributed by atoms with van der Waals surface area (Å²) >= 11 is 0. The Labute approximate surface area is 121 Å². The Kier molecular flexibility index (Phi) is 6.00. The number of ether oxygens (including phenoxy) is 1. The summed E-state index contributed by atoms with van der Waals surface area (Å²) in [4.78, 5) is 9.41. The summed E-state index contributed by atoms with van der Waals surface area (Å²) in [6, 6.07) is 1.43. The van der Waals surface area contributed by atoms with E-state index < -0.39 is 37.1 Å². The smallest absolute Gasteiger partial charge is 0.315 e. The number of sulfonamides is 1. The zero-order valence-electron chi connectivity index (χ0n) is 11.3. The van der Waals surface area contributed by atoms with E-state index in [1.165, 1.54) is 0 Å². The molecule has 0 spiro atoms. The minimum Gasteiger partial charge on any atom is -0.488 e. The van der Waals surface area contributed by atoms with E-state index in [4.69, 9.17) is 5.73 Å². The molecule has 0 aromatic heterocycles. The van der Waals surface area contributed by atoms with Crippen LogP contribution in [-0.4, -0.2) is 33.5 Å². The molecule has 8 nitrogen and oxygen atoms in total. The number of nitrogens with zero attached hydrogens (tertiary/aromatic N) is 1. The van der Waals surface area contributed by atoms with E-state index in [1.807, 2.05) is 0 Å². The molecule has 21 heavy (non-hydrogen) atoms. The van der Waals surface area contributed by atoms with E-state index in [-0.39, 0.29) is 6.54 Å². The molecule has 0 fully saturated rings. The van der Waals surface area contributed by atoms with Gasteiger partial charge in [0.2, 0.25) is 15.8 Å². The van der Waals surface area contributed by atoms with Crippen LogP contribution in [-0.2, 0) is 10.0 Å². The summed E-state index contributed by atoms with van der Waals surface area (Å²) in [5.41, 5.74) is 4.53. The maximum absolute atomic E-state index is 13.7. The quantitative estimate of drug-likeness (QED) is 0.414. The number of nitrogens with two attached hydrogens (primary N) is 1. The number of benzene rings is 1. The van der Waals surface area contributed by atoms with E-state index in [0.29, 0.717) is 25.5 Å². The van der Waals surface area contributed by atoms with Crippen LogP contribution in [0.15, 0.2) is 17.0 Å². The highest BCUT2D eigenvalue weighted by Crippen LogP contribution is 2.32. The predicted octanol–water partition coefficient (Wildman–Crippen LogP) is 0.760. The van der Waals surface area contributed by atoms with Crippen LogP contribution in [0.4, 0.5) is 10.1 Å². The van der Waals surface area contributed by atoms with Crippen LogP contribution >= 0.6 is 0 Å². The topological polar surface area (TPSA) is 125 Å². The molecule has 1 aromatic carbocycles. The van der Waals surface area contributed by atoms with Gasteiger partial charge in [0.15, 0.2) is 5.82 Å². The summed E-state index contributed by atoms with van der Waals surface area (Å²) in [6.07, 6.45) is 1.14. The molecule has 0 saturated heterocycles. The van der Waals surface area contributed by atoms with Crippen molar-refractivity contribution in [1.29, 1.82) is 0 Å². The molecule has 1 aromatic rings. The van der Waals surface area contributed by atoms with Gasteiger partial charge in [0.05, 0.1) is 16.9 Å². The molecular weight excluding hydrogens is 305 g/mol. The molecule has 0 heterocycles. The molecule has 0 amide bonds. The number of halogens is 1. The van der Waals surface area contributed by atoms with Crippen molar-refractivity contribution in [2.75, 3.05) is 20.2 Å². The van der Waals surface area contributed by atoms with Gasteiger partial charge in [-0.1, -0.05) is 0 Å². The average Bonchev–Trinajstić information content (AvgIpc) is 2.42. The second-order valence-electron chi connectivity index (χ2n) is 4.11. The highest BCUT2D eigenvalue weighted by Gasteiger charge is 2.25. The predicted molar refractivity (Wildman–Crippen MR) is 73.1 cm³/mol. The van der Waals surface area contributed by atoms with Crippen molar-refractivity contribution < 1.29 is 22.5 Å². The van der Waals surface area contributed by atoms with Gasteiger partial charge in [-0.25, -0.2) is 17.5 Å². The summed E-state index contributed by atoms with van der Waals surface area (Å²) in [7, 11) is -2.97. The van der Waals surface area contributed by atoms with Crippen LogP contribution in [0.25, 0.3) is 0 Å². The molecule has 10 heteroatoms. The Morgan fingerprint density at radius 2 is 2.10 bits per heavy atom. The van der Waals surface area contributed by atoms with Gasteiger partial charge in [0.1, 0.15) is 0 Å². The van der Waals surface area contributed by atoms with Gasteiger partial charge >= 0.3 is 5.69 Å². The lowest BCUT2D eigenvalue weighted by Crippen LogP contribution is -2.25. The van der Waals surface area contributed by atoms with E-state index in [9.17, 15) is 22.9 Å². The standard InChI is InChI=1S/C11H16FN3O5S/c1-20-11-9(12)6-8(7-10(11)15(16)17)21(18,19)14-5-3-2-4-13/h6-7,14H,2-5,13H2,1H3. The number of nitro benzene ring substituents is 1. The van der Waals surface area contributed by atoms with Gasteiger partial charge in [-0.3, -0.25) is 10.1 Å². The number of nitrogens with one attached hydrogen (secondary N) is 1. The lowest BCUT2D eigenvalue weighted by Gasteiger charge is -2.09. The monoisotopic (exact) mass is 321 g/mol. The Hall–Kier alpha value is -1.78. The summed E-state index contributed by atoms with van der Waals surface area (Å²) in [5, 5.41) is 10.8. The molecule has 0 aliphatic heterocycles. The minimum absolute atomic E-state index is 0.112. The van der Waals surface area contributed by atoms with Gasteiger partial charge in [0.25, 0.3) is 0 Å². The Bertz CT molecular complexity index is 621. The molecule has 0 aliphatic rings. The van der Waals surface area contributed by atoms with Gasteiger partial charge in [-0.2, -0.15) is 0 Å². The Morgan fingerprint density at radius 3 is 2.62 bits per heavy atom. The molecule has 0 unspecified atom stereocenters. The summed E-state index contributed by atoms with van der Waals surface area (Å²) in [5.74, 6) is -1.73. The third kappa shape index (κ3) is 4.34. The van der Waals surface area contributed by atoms with E-state index in [0.717, 1.165) is 13.2 Å². The van der Waals surface area contributed by atoms with Gasteiger partial charge in [-0.15, -0.1) is 0 Å². The van der Waals surface area contributed by atoms with E-state index >= 15 is 0 Å². The van der Waals surface area contributed by atoms with Crippen molar-refractivity contribution in [3.8, 4) is 5.75 Å². The zero-order chi connectivity index (χ0) is 16.0. The first-order chi connectivity index (χ1) is 9.83. The second-order valence-corrected chi connectivity index (χ2v) is 5.88. The number of hydrogen-bond donors (Lipinski definition) is 2. The van der Waals surface area contributed by atoms with Gasteiger partial charge in [-0.05, 0) is 25.5 Å². The van der Waals surface area contributed by atoms with Crippen molar-refractivity contribution in [3.63, 3.8) is 0 Å². The number of rotatable bonds is 8. The van der Waals surface area contributed by atoms with Crippen LogP contribution in [0, 0.1) is 15.9 Å². The lowest BCUT2D eigenvalue weighted by atomic mass is 10.3. The first-order valence-corrected chi connectivity index (χ1v) is 7.53. The van der Waals surface area contributed by atoms with Gasteiger partial charge in [0, 0.05) is 12.6 Å². The molecule has 118 valence electrons. The number of hydrogen-bond acceptors (Lipinski definition) is 6. The van der Waals surface area contributed by atoms with Crippen LogP contribution < -0.4 is 15.2 Å². The largest absolute Gasteiger partial charge is 0.488 e. The maximum Gasteiger partial charge on any atom is 0.315 e.